The number of amides is 1. The predicted molar refractivity (Wildman–Crippen MR) is 78.1 cm³/mol. The topological polar surface area (TPSA) is 20.3 Å². The van der Waals surface area contributed by atoms with Gasteiger partial charge in [0.05, 0.1) is 10.6 Å². The molecule has 0 aromatic heterocycles. The average molecular weight is 331 g/mol. The summed E-state index contributed by atoms with van der Waals surface area (Å²) in [5.74, 6) is 0.0215. The van der Waals surface area contributed by atoms with Gasteiger partial charge in [0.15, 0.2) is 0 Å². The number of carbonyl (C=O) groups is 1. The zero-order valence-corrected chi connectivity index (χ0v) is 12.8. The summed E-state index contributed by atoms with van der Waals surface area (Å²) in [6.45, 7) is 0. The van der Waals surface area contributed by atoms with Crippen LogP contribution in [0.1, 0.15) is 42.5 Å². The molecule has 1 aliphatic rings. The van der Waals surface area contributed by atoms with Crippen LogP contribution in [0.3, 0.4) is 0 Å². The number of benzene rings is 1. The minimum Gasteiger partial charge on any atom is -0.339 e. The Morgan fingerprint density at radius 2 is 2.00 bits per heavy atom. The van der Waals surface area contributed by atoms with Crippen LogP contribution in [0.2, 0.25) is 5.02 Å². The normalized spacial score (nSPS) is 16.6. The second-order valence-corrected chi connectivity index (χ2v) is 6.04. The average Bonchev–Trinajstić information content (AvgIpc) is 2.41. The highest BCUT2D eigenvalue weighted by molar-refractivity contribution is 9.10. The third-order valence-corrected chi connectivity index (χ3v) is 4.92. The zero-order chi connectivity index (χ0) is 13.1. The van der Waals surface area contributed by atoms with Gasteiger partial charge in [-0.15, -0.1) is 0 Å². The number of hydrogen-bond acceptors (Lipinski definition) is 1. The molecule has 0 saturated heterocycles. The summed E-state index contributed by atoms with van der Waals surface area (Å²) in [5.41, 5.74) is 0.583. The smallest absolute Gasteiger partial charge is 0.255 e. The molecule has 0 radical (unpaired) electrons. The lowest BCUT2D eigenvalue weighted by atomic mass is 9.94. The van der Waals surface area contributed by atoms with E-state index in [-0.39, 0.29) is 5.91 Å². The standard InChI is InChI=1S/C14H17BrClNO/c1-17(10-6-3-2-4-7-10)14(18)11-8-5-9-12(15)13(11)16/h5,8-10H,2-4,6-7H2,1H3. The van der Waals surface area contributed by atoms with Crippen molar-refractivity contribution >= 4 is 33.4 Å². The Morgan fingerprint density at radius 1 is 1.33 bits per heavy atom. The maximum absolute atomic E-state index is 12.4. The molecule has 2 nitrogen and oxygen atoms in total. The van der Waals surface area contributed by atoms with Gasteiger partial charge < -0.3 is 4.90 Å². The lowest BCUT2D eigenvalue weighted by molar-refractivity contribution is 0.0696. The molecule has 1 amide bonds. The van der Waals surface area contributed by atoms with E-state index in [0.29, 0.717) is 16.6 Å². The van der Waals surface area contributed by atoms with E-state index in [4.69, 9.17) is 11.6 Å². The molecule has 0 atom stereocenters. The monoisotopic (exact) mass is 329 g/mol. The fourth-order valence-corrected chi connectivity index (χ4v) is 3.07. The van der Waals surface area contributed by atoms with Crippen LogP contribution in [0.15, 0.2) is 22.7 Å². The van der Waals surface area contributed by atoms with Crippen LogP contribution in [-0.2, 0) is 0 Å². The first kappa shape index (κ1) is 13.9. The third-order valence-electron chi connectivity index (χ3n) is 3.62. The summed E-state index contributed by atoms with van der Waals surface area (Å²) in [7, 11) is 1.88. The fourth-order valence-electron chi connectivity index (χ4n) is 2.49. The number of carbonyl (C=O) groups excluding carboxylic acids is 1. The maximum Gasteiger partial charge on any atom is 0.255 e. The quantitative estimate of drug-likeness (QED) is 0.781. The van der Waals surface area contributed by atoms with Gasteiger partial charge in [-0.2, -0.15) is 0 Å². The van der Waals surface area contributed by atoms with E-state index in [9.17, 15) is 4.79 Å². The lowest BCUT2D eigenvalue weighted by Gasteiger charge is -2.31. The van der Waals surface area contributed by atoms with Crippen LogP contribution >= 0.6 is 27.5 Å². The van der Waals surface area contributed by atoms with Crippen LogP contribution in [0.4, 0.5) is 0 Å². The van der Waals surface area contributed by atoms with Crippen LogP contribution in [0, 0.1) is 0 Å². The molecule has 1 fully saturated rings. The van der Waals surface area contributed by atoms with Gasteiger partial charge in [-0.25, -0.2) is 0 Å². The second kappa shape index (κ2) is 6.07. The first-order chi connectivity index (χ1) is 8.61. The third kappa shape index (κ3) is 2.89. The number of rotatable bonds is 2. The van der Waals surface area contributed by atoms with Gasteiger partial charge in [0, 0.05) is 17.6 Å². The van der Waals surface area contributed by atoms with Crippen LogP contribution in [0.25, 0.3) is 0 Å². The van der Waals surface area contributed by atoms with Crippen LogP contribution in [0.5, 0.6) is 0 Å². The predicted octanol–water partition coefficient (Wildman–Crippen LogP) is 4.51. The van der Waals surface area contributed by atoms with Crippen molar-refractivity contribution in [3.63, 3.8) is 0 Å². The van der Waals surface area contributed by atoms with Crippen molar-refractivity contribution in [1.29, 1.82) is 0 Å². The van der Waals surface area contributed by atoms with Crippen molar-refractivity contribution in [1.82, 2.24) is 4.90 Å². The van der Waals surface area contributed by atoms with Gasteiger partial charge in [0.25, 0.3) is 5.91 Å². The molecule has 0 aliphatic heterocycles. The van der Waals surface area contributed by atoms with Crippen molar-refractivity contribution in [2.45, 2.75) is 38.1 Å². The Morgan fingerprint density at radius 3 is 2.67 bits per heavy atom. The molecule has 0 N–H and O–H groups in total. The van der Waals surface area contributed by atoms with Gasteiger partial charge in [-0.3, -0.25) is 4.79 Å². The molecule has 1 aromatic carbocycles. The van der Waals surface area contributed by atoms with Gasteiger partial charge in [0.2, 0.25) is 0 Å². The van der Waals surface area contributed by atoms with E-state index in [1.807, 2.05) is 24.1 Å². The molecule has 0 heterocycles. The minimum atomic E-state index is 0.0215. The molecule has 4 heteroatoms. The van der Waals surface area contributed by atoms with E-state index in [1.165, 1.54) is 19.3 Å². The van der Waals surface area contributed by atoms with E-state index in [2.05, 4.69) is 15.9 Å². The Hall–Kier alpha value is -0.540. The van der Waals surface area contributed by atoms with Crippen molar-refractivity contribution in [2.24, 2.45) is 0 Å². The largest absolute Gasteiger partial charge is 0.339 e. The van der Waals surface area contributed by atoms with Gasteiger partial charge in [-0.1, -0.05) is 36.9 Å². The fraction of sp³-hybridized carbons (Fsp3) is 0.500. The van der Waals surface area contributed by atoms with E-state index < -0.39 is 0 Å². The molecule has 1 aliphatic carbocycles. The molecular weight excluding hydrogens is 314 g/mol. The summed E-state index contributed by atoms with van der Waals surface area (Å²) in [5, 5.41) is 0.505. The zero-order valence-electron chi connectivity index (χ0n) is 10.5. The first-order valence-corrected chi connectivity index (χ1v) is 7.49. The second-order valence-electron chi connectivity index (χ2n) is 4.81. The number of halogens is 2. The Labute approximate surface area is 121 Å². The van der Waals surface area contributed by atoms with Crippen molar-refractivity contribution in [3.05, 3.63) is 33.3 Å². The highest BCUT2D eigenvalue weighted by Crippen LogP contribution is 2.29. The number of nitrogens with zero attached hydrogens (tertiary/aromatic N) is 1. The summed E-state index contributed by atoms with van der Waals surface area (Å²) in [6.07, 6.45) is 5.93. The minimum absolute atomic E-state index is 0.0215. The van der Waals surface area contributed by atoms with Gasteiger partial charge in [-0.05, 0) is 40.9 Å². The molecule has 0 unspecified atom stereocenters. The van der Waals surface area contributed by atoms with Crippen molar-refractivity contribution < 1.29 is 4.79 Å². The Bertz CT molecular complexity index is 443. The molecule has 98 valence electrons. The van der Waals surface area contributed by atoms with Gasteiger partial charge in [0.1, 0.15) is 0 Å². The summed E-state index contributed by atoms with van der Waals surface area (Å²) in [4.78, 5) is 14.3. The SMILES string of the molecule is CN(C(=O)c1cccc(Br)c1Cl)C1CCCCC1. The molecular formula is C14H17BrClNO. The highest BCUT2D eigenvalue weighted by Gasteiger charge is 2.24. The lowest BCUT2D eigenvalue weighted by Crippen LogP contribution is -2.38. The highest BCUT2D eigenvalue weighted by atomic mass is 79.9. The Balaban J connectivity index is 2.17. The summed E-state index contributed by atoms with van der Waals surface area (Å²) < 4.78 is 0.770. The first-order valence-electron chi connectivity index (χ1n) is 6.32. The molecule has 0 bridgehead atoms. The van der Waals surface area contributed by atoms with Gasteiger partial charge >= 0.3 is 0 Å². The maximum atomic E-state index is 12.4. The van der Waals surface area contributed by atoms with E-state index >= 15 is 0 Å². The van der Waals surface area contributed by atoms with Crippen LogP contribution < -0.4 is 0 Å². The molecule has 18 heavy (non-hydrogen) atoms. The summed E-state index contributed by atoms with van der Waals surface area (Å²) >= 11 is 9.53. The molecule has 2 rings (SSSR count). The van der Waals surface area contributed by atoms with Crippen LogP contribution in [-0.4, -0.2) is 23.9 Å². The van der Waals surface area contributed by atoms with E-state index in [1.54, 1.807) is 6.07 Å². The Kier molecular flexibility index (Phi) is 4.68. The van der Waals surface area contributed by atoms with E-state index in [0.717, 1.165) is 17.3 Å². The number of hydrogen-bond donors (Lipinski definition) is 0. The summed E-state index contributed by atoms with van der Waals surface area (Å²) in [6, 6.07) is 5.84. The van der Waals surface area contributed by atoms with Crippen molar-refractivity contribution in [3.8, 4) is 0 Å². The van der Waals surface area contributed by atoms with Crippen molar-refractivity contribution in [2.75, 3.05) is 7.05 Å². The molecule has 0 spiro atoms. The molecule has 1 aromatic rings. The molecule has 1 saturated carbocycles.